The molecule has 2 rings (SSSR count). The number of hydrazone groups is 1. The average Bonchev–Trinajstić information content (AvgIpc) is 2.74. The molecular formula is C10H11N5. The van der Waals surface area contributed by atoms with Gasteiger partial charge >= 0.3 is 0 Å². The zero-order chi connectivity index (χ0) is 10.5. The van der Waals surface area contributed by atoms with Crippen LogP contribution >= 0.6 is 0 Å². The van der Waals surface area contributed by atoms with Crippen LogP contribution in [0.5, 0.6) is 0 Å². The molecule has 1 heterocycles. The predicted molar refractivity (Wildman–Crippen MR) is 58.2 cm³/mol. The van der Waals surface area contributed by atoms with Gasteiger partial charge in [-0.25, -0.2) is 4.98 Å². The van der Waals surface area contributed by atoms with Gasteiger partial charge in [-0.15, -0.1) is 9.89 Å². The van der Waals surface area contributed by atoms with Gasteiger partial charge in [-0.2, -0.15) is 10.6 Å². The van der Waals surface area contributed by atoms with E-state index in [-0.39, 0.29) is 0 Å². The van der Waals surface area contributed by atoms with Crippen LogP contribution in [0.1, 0.15) is 11.1 Å². The summed E-state index contributed by atoms with van der Waals surface area (Å²) < 4.78 is 0. The lowest BCUT2D eigenvalue weighted by Gasteiger charge is -1.97. The van der Waals surface area contributed by atoms with Gasteiger partial charge in [0.15, 0.2) is 0 Å². The van der Waals surface area contributed by atoms with E-state index in [0.29, 0.717) is 0 Å². The Morgan fingerprint density at radius 3 is 2.80 bits per heavy atom. The highest BCUT2D eigenvalue weighted by atomic mass is 15.7. The Labute approximate surface area is 87.4 Å². The molecule has 15 heavy (non-hydrogen) atoms. The molecule has 0 aliphatic heterocycles. The van der Waals surface area contributed by atoms with Gasteiger partial charge in [0.25, 0.3) is 0 Å². The van der Waals surface area contributed by atoms with Gasteiger partial charge in [0.05, 0.1) is 6.21 Å². The Hall–Kier alpha value is -2.17. The quantitative estimate of drug-likeness (QED) is 0.599. The molecule has 0 bridgehead atoms. The summed E-state index contributed by atoms with van der Waals surface area (Å²) in [5.41, 5.74) is 4.97. The van der Waals surface area contributed by atoms with E-state index < -0.39 is 0 Å². The molecule has 0 fully saturated rings. The van der Waals surface area contributed by atoms with Crippen molar-refractivity contribution in [2.75, 3.05) is 5.53 Å². The Morgan fingerprint density at radius 1 is 1.33 bits per heavy atom. The number of hydrogen-bond donors (Lipinski definition) is 1. The predicted octanol–water partition coefficient (Wildman–Crippen LogP) is 1.16. The molecule has 76 valence electrons. The second-order valence-corrected chi connectivity index (χ2v) is 3.11. The maximum absolute atomic E-state index is 4.00. The van der Waals surface area contributed by atoms with Gasteiger partial charge in [0.2, 0.25) is 0 Å². The third-order valence-electron chi connectivity index (χ3n) is 1.87. The van der Waals surface area contributed by atoms with Crippen molar-refractivity contribution in [3.8, 4) is 0 Å². The van der Waals surface area contributed by atoms with Gasteiger partial charge in [0.1, 0.15) is 12.7 Å². The van der Waals surface area contributed by atoms with Crippen LogP contribution in [0, 0.1) is 6.92 Å². The first-order valence-corrected chi connectivity index (χ1v) is 4.55. The molecule has 0 radical (unpaired) electrons. The topological polar surface area (TPSA) is 55.1 Å². The lowest BCUT2D eigenvalue weighted by atomic mass is 10.2. The molecule has 0 saturated carbocycles. The number of hydrogen-bond acceptors (Lipinski definition) is 4. The van der Waals surface area contributed by atoms with Gasteiger partial charge < -0.3 is 0 Å². The molecule has 1 aromatic heterocycles. The number of benzene rings is 1. The second kappa shape index (κ2) is 4.36. The number of nitrogens with zero attached hydrogens (tertiary/aromatic N) is 4. The fraction of sp³-hybridized carbons (Fsp3) is 0.100. The van der Waals surface area contributed by atoms with Crippen LogP contribution in [0.4, 0.5) is 0 Å². The zero-order valence-electron chi connectivity index (χ0n) is 8.33. The van der Waals surface area contributed by atoms with E-state index in [1.165, 1.54) is 23.0 Å². The summed E-state index contributed by atoms with van der Waals surface area (Å²) >= 11 is 0. The van der Waals surface area contributed by atoms with Crippen molar-refractivity contribution < 1.29 is 0 Å². The molecule has 1 N–H and O–H groups in total. The molecule has 0 unspecified atom stereocenters. The Balaban J connectivity index is 1.97. The van der Waals surface area contributed by atoms with Crippen LogP contribution in [0.3, 0.4) is 0 Å². The first-order valence-electron chi connectivity index (χ1n) is 4.55. The van der Waals surface area contributed by atoms with E-state index in [0.717, 1.165) is 5.56 Å². The summed E-state index contributed by atoms with van der Waals surface area (Å²) in [6.45, 7) is 2.05. The fourth-order valence-electron chi connectivity index (χ4n) is 1.07. The minimum absolute atomic E-state index is 1.04. The Kier molecular flexibility index (Phi) is 2.73. The lowest BCUT2D eigenvalue weighted by molar-refractivity contribution is 0.754. The minimum Gasteiger partial charge on any atom is -0.221 e. The molecule has 5 nitrogen and oxygen atoms in total. The molecule has 0 aliphatic rings. The van der Waals surface area contributed by atoms with Crippen LogP contribution < -0.4 is 5.53 Å². The van der Waals surface area contributed by atoms with E-state index in [1.54, 1.807) is 6.21 Å². The molecule has 0 aliphatic carbocycles. The van der Waals surface area contributed by atoms with Gasteiger partial charge in [-0.05, 0) is 12.5 Å². The van der Waals surface area contributed by atoms with E-state index >= 15 is 0 Å². The highest BCUT2D eigenvalue weighted by molar-refractivity contribution is 5.79. The first kappa shape index (κ1) is 9.39. The van der Waals surface area contributed by atoms with Crippen molar-refractivity contribution >= 4 is 6.21 Å². The SMILES string of the molecule is Cc1ccc(C=NNn2cncn2)cc1. The second-order valence-electron chi connectivity index (χ2n) is 3.11. The molecule has 0 saturated heterocycles. The molecule has 2 aromatic rings. The summed E-state index contributed by atoms with van der Waals surface area (Å²) in [6, 6.07) is 8.08. The van der Waals surface area contributed by atoms with Crippen LogP contribution in [0.15, 0.2) is 42.0 Å². The fourth-order valence-corrected chi connectivity index (χ4v) is 1.07. The first-order chi connectivity index (χ1) is 7.34. The van der Waals surface area contributed by atoms with Crippen LogP contribution in [-0.2, 0) is 0 Å². The van der Waals surface area contributed by atoms with Crippen molar-refractivity contribution in [2.45, 2.75) is 6.92 Å². The van der Waals surface area contributed by atoms with E-state index in [1.807, 2.05) is 24.3 Å². The van der Waals surface area contributed by atoms with Crippen molar-refractivity contribution in [3.05, 3.63) is 48.0 Å². The number of rotatable bonds is 3. The van der Waals surface area contributed by atoms with E-state index in [9.17, 15) is 0 Å². The third kappa shape index (κ3) is 2.63. The molecule has 5 heteroatoms. The van der Waals surface area contributed by atoms with E-state index in [2.05, 4.69) is 27.6 Å². The average molecular weight is 201 g/mol. The van der Waals surface area contributed by atoms with Crippen LogP contribution in [0.25, 0.3) is 0 Å². The molecule has 0 amide bonds. The van der Waals surface area contributed by atoms with Crippen molar-refractivity contribution in [1.29, 1.82) is 0 Å². The number of nitrogens with one attached hydrogen (secondary N) is 1. The third-order valence-corrected chi connectivity index (χ3v) is 1.87. The monoisotopic (exact) mass is 201 g/mol. The Morgan fingerprint density at radius 2 is 2.13 bits per heavy atom. The smallest absolute Gasteiger partial charge is 0.139 e. The van der Waals surface area contributed by atoms with Gasteiger partial charge in [0, 0.05) is 0 Å². The summed E-state index contributed by atoms with van der Waals surface area (Å²) in [5.74, 6) is 0. The van der Waals surface area contributed by atoms with Gasteiger partial charge in [-0.1, -0.05) is 29.8 Å². The summed E-state index contributed by atoms with van der Waals surface area (Å²) in [7, 11) is 0. The maximum Gasteiger partial charge on any atom is 0.139 e. The lowest BCUT2D eigenvalue weighted by Crippen LogP contribution is -2.08. The maximum atomic E-state index is 4.00. The Bertz CT molecular complexity index is 429. The minimum atomic E-state index is 1.04. The highest BCUT2D eigenvalue weighted by Crippen LogP contribution is 1.99. The zero-order valence-corrected chi connectivity index (χ0v) is 8.33. The molecular weight excluding hydrogens is 190 g/mol. The molecule has 0 atom stereocenters. The largest absolute Gasteiger partial charge is 0.221 e. The number of aromatic nitrogens is 3. The highest BCUT2D eigenvalue weighted by Gasteiger charge is 1.87. The standard InChI is InChI=1S/C10H11N5/c1-9-2-4-10(5-3-9)6-12-14-15-8-11-7-13-15/h2-8,14H,1H3. The van der Waals surface area contributed by atoms with Crippen LogP contribution in [-0.4, -0.2) is 21.1 Å². The number of aryl methyl sites for hydroxylation is 1. The molecule has 0 spiro atoms. The van der Waals surface area contributed by atoms with Crippen molar-refractivity contribution in [2.24, 2.45) is 5.10 Å². The summed E-state index contributed by atoms with van der Waals surface area (Å²) in [6.07, 6.45) is 4.70. The van der Waals surface area contributed by atoms with E-state index in [4.69, 9.17) is 0 Å². The summed E-state index contributed by atoms with van der Waals surface area (Å²) in [4.78, 5) is 5.20. The van der Waals surface area contributed by atoms with Crippen molar-refractivity contribution in [3.63, 3.8) is 0 Å². The normalized spacial score (nSPS) is 10.7. The molecule has 1 aromatic carbocycles. The van der Waals surface area contributed by atoms with Crippen LogP contribution in [0.2, 0.25) is 0 Å². The van der Waals surface area contributed by atoms with Crippen molar-refractivity contribution in [1.82, 2.24) is 14.9 Å². The summed E-state index contributed by atoms with van der Waals surface area (Å²) in [5, 5.41) is 7.84. The van der Waals surface area contributed by atoms with Gasteiger partial charge in [-0.3, -0.25) is 0 Å².